The highest BCUT2D eigenvalue weighted by Crippen LogP contribution is 2.23. The molecule has 0 radical (unpaired) electrons. The molecule has 0 bridgehead atoms. The third-order valence-corrected chi connectivity index (χ3v) is 4.90. The molecule has 1 saturated heterocycles. The Bertz CT molecular complexity index is 878. The van der Waals surface area contributed by atoms with Gasteiger partial charge in [0.05, 0.1) is 5.52 Å². The summed E-state index contributed by atoms with van der Waals surface area (Å²) in [5, 5.41) is 1.01. The molecule has 0 N–H and O–H groups in total. The smallest absolute Gasteiger partial charge is 0.253 e. The van der Waals surface area contributed by atoms with E-state index in [0.29, 0.717) is 5.92 Å². The van der Waals surface area contributed by atoms with E-state index in [1.165, 1.54) is 12.0 Å². The SMILES string of the molecule is O=C(c1ccc2ncccc2c1)N1CCC[C@H](Cc2cccnc2)C1. The number of hydrogen-bond donors (Lipinski definition) is 0. The van der Waals surface area contributed by atoms with Crippen molar-refractivity contribution in [3.05, 3.63) is 72.2 Å². The first-order valence-corrected chi connectivity index (χ1v) is 8.82. The van der Waals surface area contributed by atoms with Gasteiger partial charge >= 0.3 is 0 Å². The Morgan fingerprint density at radius 1 is 1.16 bits per heavy atom. The van der Waals surface area contributed by atoms with E-state index in [1.54, 1.807) is 12.4 Å². The molecule has 1 aliphatic heterocycles. The van der Waals surface area contributed by atoms with Crippen LogP contribution in [0.5, 0.6) is 0 Å². The first-order chi connectivity index (χ1) is 12.3. The van der Waals surface area contributed by atoms with Crippen LogP contribution >= 0.6 is 0 Å². The molecule has 3 aromatic rings. The highest BCUT2D eigenvalue weighted by molar-refractivity contribution is 5.98. The van der Waals surface area contributed by atoms with Crippen LogP contribution in [0.2, 0.25) is 0 Å². The minimum Gasteiger partial charge on any atom is -0.338 e. The number of piperidine rings is 1. The molecule has 1 atom stereocenters. The molecule has 1 fully saturated rings. The molecule has 0 unspecified atom stereocenters. The first kappa shape index (κ1) is 15.8. The maximum atomic E-state index is 12.9. The fourth-order valence-electron chi connectivity index (χ4n) is 3.66. The number of likely N-dealkylation sites (tertiary alicyclic amines) is 1. The molecule has 1 aliphatic rings. The number of rotatable bonds is 3. The fraction of sp³-hybridized carbons (Fsp3) is 0.286. The maximum Gasteiger partial charge on any atom is 0.253 e. The van der Waals surface area contributed by atoms with Gasteiger partial charge in [-0.05, 0) is 61.1 Å². The van der Waals surface area contributed by atoms with Crippen molar-refractivity contribution in [2.75, 3.05) is 13.1 Å². The van der Waals surface area contributed by atoms with E-state index in [9.17, 15) is 4.79 Å². The Morgan fingerprint density at radius 2 is 2.08 bits per heavy atom. The lowest BCUT2D eigenvalue weighted by molar-refractivity contribution is 0.0673. The lowest BCUT2D eigenvalue weighted by atomic mass is 9.91. The molecule has 3 heterocycles. The largest absolute Gasteiger partial charge is 0.338 e. The number of amides is 1. The molecule has 4 rings (SSSR count). The topological polar surface area (TPSA) is 46.1 Å². The Labute approximate surface area is 147 Å². The monoisotopic (exact) mass is 331 g/mol. The Kier molecular flexibility index (Phi) is 4.42. The van der Waals surface area contributed by atoms with Gasteiger partial charge in [-0.1, -0.05) is 12.1 Å². The molecule has 0 aliphatic carbocycles. The van der Waals surface area contributed by atoms with Gasteiger partial charge in [-0.3, -0.25) is 14.8 Å². The van der Waals surface area contributed by atoms with Crippen molar-refractivity contribution in [1.29, 1.82) is 0 Å². The molecule has 4 heteroatoms. The van der Waals surface area contributed by atoms with E-state index in [1.807, 2.05) is 47.5 Å². The van der Waals surface area contributed by atoms with Crippen LogP contribution in [0.1, 0.15) is 28.8 Å². The van der Waals surface area contributed by atoms with Crippen LogP contribution in [-0.4, -0.2) is 33.9 Å². The van der Waals surface area contributed by atoms with Crippen LogP contribution in [0.4, 0.5) is 0 Å². The van der Waals surface area contributed by atoms with Crippen LogP contribution in [-0.2, 0) is 6.42 Å². The predicted octanol–water partition coefficient (Wildman–Crippen LogP) is 3.72. The van der Waals surface area contributed by atoms with Crippen molar-refractivity contribution in [3.63, 3.8) is 0 Å². The summed E-state index contributed by atoms with van der Waals surface area (Å²) in [4.78, 5) is 23.5. The minimum atomic E-state index is 0.127. The van der Waals surface area contributed by atoms with Gasteiger partial charge in [0.15, 0.2) is 0 Å². The van der Waals surface area contributed by atoms with Crippen LogP contribution in [0.15, 0.2) is 61.1 Å². The van der Waals surface area contributed by atoms with E-state index < -0.39 is 0 Å². The van der Waals surface area contributed by atoms with Crippen LogP contribution in [0, 0.1) is 5.92 Å². The third-order valence-electron chi connectivity index (χ3n) is 4.90. The predicted molar refractivity (Wildman–Crippen MR) is 98.3 cm³/mol. The molecule has 126 valence electrons. The summed E-state index contributed by atoms with van der Waals surface area (Å²) >= 11 is 0. The fourth-order valence-corrected chi connectivity index (χ4v) is 3.66. The van der Waals surface area contributed by atoms with Crippen molar-refractivity contribution >= 4 is 16.8 Å². The van der Waals surface area contributed by atoms with Gasteiger partial charge in [-0.25, -0.2) is 0 Å². The van der Waals surface area contributed by atoms with Gasteiger partial charge in [-0.15, -0.1) is 0 Å². The summed E-state index contributed by atoms with van der Waals surface area (Å²) < 4.78 is 0. The average molecular weight is 331 g/mol. The first-order valence-electron chi connectivity index (χ1n) is 8.82. The number of carbonyl (C=O) groups is 1. The van der Waals surface area contributed by atoms with Gasteiger partial charge in [0, 0.05) is 42.6 Å². The van der Waals surface area contributed by atoms with Gasteiger partial charge in [0.1, 0.15) is 0 Å². The number of benzene rings is 1. The maximum absolute atomic E-state index is 12.9. The third kappa shape index (κ3) is 3.53. The van der Waals surface area contributed by atoms with Crippen molar-refractivity contribution < 1.29 is 4.79 Å². The normalized spacial score (nSPS) is 17.6. The van der Waals surface area contributed by atoms with Gasteiger partial charge in [0.2, 0.25) is 0 Å². The molecule has 25 heavy (non-hydrogen) atoms. The van der Waals surface area contributed by atoms with Crippen molar-refractivity contribution in [2.24, 2.45) is 5.92 Å². The average Bonchev–Trinajstić information content (AvgIpc) is 2.68. The highest BCUT2D eigenvalue weighted by atomic mass is 16.2. The lowest BCUT2D eigenvalue weighted by Crippen LogP contribution is -2.40. The number of nitrogens with zero attached hydrogens (tertiary/aromatic N) is 3. The Balaban J connectivity index is 1.49. The van der Waals surface area contributed by atoms with E-state index in [0.717, 1.165) is 42.4 Å². The zero-order chi connectivity index (χ0) is 17.1. The van der Waals surface area contributed by atoms with Gasteiger partial charge in [-0.2, -0.15) is 0 Å². The standard InChI is InChI=1S/C21H21N3O/c25-21(19-7-8-20-18(13-19)6-2-10-23-20)24-11-3-5-17(15-24)12-16-4-1-9-22-14-16/h1-2,4,6-10,13-14,17H,3,5,11-12,15H2/t17-/m1/s1. The second-order valence-corrected chi connectivity index (χ2v) is 6.74. The lowest BCUT2D eigenvalue weighted by Gasteiger charge is -2.33. The minimum absolute atomic E-state index is 0.127. The molecule has 1 aromatic carbocycles. The Hall–Kier alpha value is -2.75. The van der Waals surface area contributed by atoms with E-state index in [-0.39, 0.29) is 5.91 Å². The van der Waals surface area contributed by atoms with E-state index >= 15 is 0 Å². The number of aromatic nitrogens is 2. The molecule has 0 spiro atoms. The molecular weight excluding hydrogens is 310 g/mol. The summed E-state index contributed by atoms with van der Waals surface area (Å²) in [6, 6.07) is 13.8. The Morgan fingerprint density at radius 3 is 2.96 bits per heavy atom. The van der Waals surface area contributed by atoms with Crippen LogP contribution < -0.4 is 0 Å². The molecule has 2 aromatic heterocycles. The van der Waals surface area contributed by atoms with Crippen LogP contribution in [0.25, 0.3) is 10.9 Å². The second kappa shape index (κ2) is 7.01. The summed E-state index contributed by atoms with van der Waals surface area (Å²) in [7, 11) is 0. The second-order valence-electron chi connectivity index (χ2n) is 6.74. The van der Waals surface area contributed by atoms with E-state index in [4.69, 9.17) is 0 Å². The summed E-state index contributed by atoms with van der Waals surface area (Å²) in [6.45, 7) is 1.66. The summed E-state index contributed by atoms with van der Waals surface area (Å²) in [5.41, 5.74) is 2.92. The number of carbonyl (C=O) groups excluding carboxylic acids is 1. The number of hydrogen-bond acceptors (Lipinski definition) is 3. The molecule has 4 nitrogen and oxygen atoms in total. The van der Waals surface area contributed by atoms with Gasteiger partial charge in [0.25, 0.3) is 5.91 Å². The molecule has 0 saturated carbocycles. The zero-order valence-corrected chi connectivity index (χ0v) is 14.1. The summed E-state index contributed by atoms with van der Waals surface area (Å²) in [6.07, 6.45) is 8.72. The highest BCUT2D eigenvalue weighted by Gasteiger charge is 2.24. The van der Waals surface area contributed by atoms with Crippen molar-refractivity contribution in [3.8, 4) is 0 Å². The number of pyridine rings is 2. The van der Waals surface area contributed by atoms with Crippen LogP contribution in [0.3, 0.4) is 0 Å². The molecule has 1 amide bonds. The van der Waals surface area contributed by atoms with Crippen molar-refractivity contribution in [2.45, 2.75) is 19.3 Å². The van der Waals surface area contributed by atoms with Crippen molar-refractivity contribution in [1.82, 2.24) is 14.9 Å². The molecular formula is C21H21N3O. The van der Waals surface area contributed by atoms with E-state index in [2.05, 4.69) is 16.0 Å². The summed E-state index contributed by atoms with van der Waals surface area (Å²) in [5.74, 6) is 0.630. The zero-order valence-electron chi connectivity index (χ0n) is 14.1. The number of fused-ring (bicyclic) bond motifs is 1. The van der Waals surface area contributed by atoms with Gasteiger partial charge < -0.3 is 4.90 Å². The quantitative estimate of drug-likeness (QED) is 0.735.